The van der Waals surface area contributed by atoms with Gasteiger partial charge < -0.3 is 16.4 Å². The van der Waals surface area contributed by atoms with E-state index in [4.69, 9.17) is 17.3 Å². The van der Waals surface area contributed by atoms with E-state index in [1.807, 2.05) is 0 Å². The molecule has 1 aliphatic carbocycles. The Morgan fingerprint density at radius 3 is 2.94 bits per heavy atom. The lowest BCUT2D eigenvalue weighted by Crippen LogP contribution is -2.31. The number of hydrogen-bond donors (Lipinski definition) is 3. The normalized spacial score (nSPS) is 14.6. The molecular weight excluding hydrogens is 226 g/mol. The molecule has 4 N–H and O–H groups in total. The highest BCUT2D eigenvalue weighted by molar-refractivity contribution is 6.33. The minimum Gasteiger partial charge on any atom is -0.396 e. The van der Waals surface area contributed by atoms with Gasteiger partial charge in [0.1, 0.15) is 0 Å². The standard InChI is InChI=1S/C11H14ClN3O/c12-8-2-1-3-9(11(8)13)14-6-10(16)15-7-4-5-7/h1-3,7,14H,4-6,13H2,(H,15,16). The Balaban J connectivity index is 1.88. The number of benzene rings is 1. The van der Waals surface area contributed by atoms with Crippen LogP contribution in [0.25, 0.3) is 0 Å². The van der Waals surface area contributed by atoms with Crippen molar-refractivity contribution in [3.8, 4) is 0 Å². The van der Waals surface area contributed by atoms with Gasteiger partial charge in [-0.05, 0) is 25.0 Å². The van der Waals surface area contributed by atoms with Crippen molar-refractivity contribution in [1.29, 1.82) is 0 Å². The molecule has 0 atom stereocenters. The molecule has 0 aromatic heterocycles. The molecule has 1 saturated carbocycles. The molecule has 0 bridgehead atoms. The van der Waals surface area contributed by atoms with Gasteiger partial charge >= 0.3 is 0 Å². The highest BCUT2D eigenvalue weighted by atomic mass is 35.5. The lowest BCUT2D eigenvalue weighted by molar-refractivity contribution is -0.119. The number of carbonyl (C=O) groups excluding carboxylic acids is 1. The maximum atomic E-state index is 11.4. The Bertz CT molecular complexity index is 404. The number of nitrogen functional groups attached to an aromatic ring is 1. The SMILES string of the molecule is Nc1c(Cl)cccc1NCC(=O)NC1CC1. The van der Waals surface area contributed by atoms with Crippen LogP contribution in [-0.2, 0) is 4.79 Å². The van der Waals surface area contributed by atoms with Gasteiger partial charge in [-0.25, -0.2) is 0 Å². The average molecular weight is 240 g/mol. The summed E-state index contributed by atoms with van der Waals surface area (Å²) in [4.78, 5) is 11.4. The van der Waals surface area contributed by atoms with Gasteiger partial charge in [0.15, 0.2) is 0 Å². The van der Waals surface area contributed by atoms with Crippen molar-refractivity contribution < 1.29 is 4.79 Å². The lowest BCUT2D eigenvalue weighted by Gasteiger charge is -2.10. The van der Waals surface area contributed by atoms with Crippen LogP contribution in [0.15, 0.2) is 18.2 Å². The number of nitrogens with one attached hydrogen (secondary N) is 2. The monoisotopic (exact) mass is 239 g/mol. The first kappa shape index (κ1) is 11.1. The molecule has 2 rings (SSSR count). The number of anilines is 2. The van der Waals surface area contributed by atoms with Crippen molar-refractivity contribution in [3.05, 3.63) is 23.2 Å². The maximum absolute atomic E-state index is 11.4. The Hall–Kier alpha value is -1.42. The quantitative estimate of drug-likeness (QED) is 0.700. The summed E-state index contributed by atoms with van der Waals surface area (Å²) in [5, 5.41) is 6.34. The second kappa shape index (κ2) is 4.61. The third-order valence-corrected chi connectivity index (χ3v) is 2.76. The molecule has 1 aliphatic rings. The Labute approximate surface area is 99.2 Å². The molecule has 1 aromatic rings. The Kier molecular flexibility index (Phi) is 3.19. The van der Waals surface area contributed by atoms with E-state index < -0.39 is 0 Å². The van der Waals surface area contributed by atoms with Crippen LogP contribution in [0.4, 0.5) is 11.4 Å². The fourth-order valence-corrected chi connectivity index (χ4v) is 1.55. The van der Waals surface area contributed by atoms with E-state index in [0.717, 1.165) is 12.8 Å². The first-order valence-corrected chi connectivity index (χ1v) is 5.62. The van der Waals surface area contributed by atoms with Crippen LogP contribution in [0.2, 0.25) is 5.02 Å². The summed E-state index contributed by atoms with van der Waals surface area (Å²) in [6, 6.07) is 5.68. The molecule has 0 saturated heterocycles. The van der Waals surface area contributed by atoms with E-state index in [-0.39, 0.29) is 12.5 Å². The van der Waals surface area contributed by atoms with Crippen molar-refractivity contribution in [2.45, 2.75) is 18.9 Å². The first-order valence-electron chi connectivity index (χ1n) is 5.24. The third kappa shape index (κ3) is 2.79. The predicted octanol–water partition coefficient (Wildman–Crippen LogP) is 1.61. The smallest absolute Gasteiger partial charge is 0.239 e. The Morgan fingerprint density at radius 1 is 1.50 bits per heavy atom. The van der Waals surface area contributed by atoms with Crippen LogP contribution in [0.1, 0.15) is 12.8 Å². The summed E-state index contributed by atoms with van der Waals surface area (Å²) < 4.78 is 0. The highest BCUT2D eigenvalue weighted by Crippen LogP contribution is 2.26. The molecule has 86 valence electrons. The molecule has 1 fully saturated rings. The van der Waals surface area contributed by atoms with Gasteiger partial charge in [-0.2, -0.15) is 0 Å². The van der Waals surface area contributed by atoms with Crippen molar-refractivity contribution >= 4 is 28.9 Å². The van der Waals surface area contributed by atoms with Crippen LogP contribution >= 0.6 is 11.6 Å². The van der Waals surface area contributed by atoms with E-state index in [1.54, 1.807) is 18.2 Å². The minimum absolute atomic E-state index is 0.0122. The number of carbonyl (C=O) groups is 1. The van der Waals surface area contributed by atoms with Crippen molar-refractivity contribution in [2.24, 2.45) is 0 Å². The zero-order chi connectivity index (χ0) is 11.5. The van der Waals surface area contributed by atoms with Gasteiger partial charge in [0.2, 0.25) is 5.91 Å². The number of hydrogen-bond acceptors (Lipinski definition) is 3. The number of para-hydroxylation sites is 1. The molecular formula is C11H14ClN3O. The summed E-state index contributed by atoms with van der Waals surface area (Å²) in [6.45, 7) is 0.223. The van der Waals surface area contributed by atoms with Crippen molar-refractivity contribution in [3.63, 3.8) is 0 Å². The molecule has 0 aliphatic heterocycles. The number of halogens is 1. The van der Waals surface area contributed by atoms with Crippen molar-refractivity contribution in [2.75, 3.05) is 17.6 Å². The van der Waals surface area contributed by atoms with Gasteiger partial charge in [0.05, 0.1) is 22.9 Å². The Morgan fingerprint density at radius 2 is 2.25 bits per heavy atom. The molecule has 0 spiro atoms. The lowest BCUT2D eigenvalue weighted by atomic mass is 10.2. The second-order valence-corrected chi connectivity index (χ2v) is 4.30. The maximum Gasteiger partial charge on any atom is 0.239 e. The van der Waals surface area contributed by atoms with E-state index in [2.05, 4.69) is 10.6 Å². The molecule has 0 unspecified atom stereocenters. The van der Waals surface area contributed by atoms with E-state index in [0.29, 0.717) is 22.4 Å². The summed E-state index contributed by atoms with van der Waals surface area (Å²) in [6.07, 6.45) is 2.18. The third-order valence-electron chi connectivity index (χ3n) is 2.43. The van der Waals surface area contributed by atoms with Crippen LogP contribution in [0.5, 0.6) is 0 Å². The van der Waals surface area contributed by atoms with Gasteiger partial charge in [-0.15, -0.1) is 0 Å². The first-order chi connectivity index (χ1) is 7.66. The van der Waals surface area contributed by atoms with E-state index in [1.165, 1.54) is 0 Å². The molecule has 1 amide bonds. The minimum atomic E-state index is -0.0122. The zero-order valence-corrected chi connectivity index (χ0v) is 9.55. The molecule has 4 nitrogen and oxygen atoms in total. The number of amides is 1. The molecule has 1 aromatic carbocycles. The largest absolute Gasteiger partial charge is 0.396 e. The molecule has 0 radical (unpaired) electrons. The van der Waals surface area contributed by atoms with Gasteiger partial charge in [0, 0.05) is 6.04 Å². The number of rotatable bonds is 4. The van der Waals surface area contributed by atoms with Crippen LogP contribution in [0, 0.1) is 0 Å². The second-order valence-electron chi connectivity index (χ2n) is 3.90. The molecule has 5 heteroatoms. The summed E-state index contributed by atoms with van der Waals surface area (Å²) in [7, 11) is 0. The summed E-state index contributed by atoms with van der Waals surface area (Å²) >= 11 is 5.86. The molecule has 0 heterocycles. The van der Waals surface area contributed by atoms with Crippen LogP contribution < -0.4 is 16.4 Å². The zero-order valence-electron chi connectivity index (χ0n) is 8.79. The highest BCUT2D eigenvalue weighted by Gasteiger charge is 2.22. The molecule has 16 heavy (non-hydrogen) atoms. The van der Waals surface area contributed by atoms with Gasteiger partial charge in [0.25, 0.3) is 0 Å². The van der Waals surface area contributed by atoms with Crippen LogP contribution in [0.3, 0.4) is 0 Å². The summed E-state index contributed by atoms with van der Waals surface area (Å²) in [5.41, 5.74) is 6.92. The fraction of sp³-hybridized carbons (Fsp3) is 0.364. The van der Waals surface area contributed by atoms with Crippen molar-refractivity contribution in [1.82, 2.24) is 5.32 Å². The van der Waals surface area contributed by atoms with Gasteiger partial charge in [-0.1, -0.05) is 17.7 Å². The van der Waals surface area contributed by atoms with Gasteiger partial charge in [-0.3, -0.25) is 4.79 Å². The van der Waals surface area contributed by atoms with Crippen LogP contribution in [-0.4, -0.2) is 18.5 Å². The topological polar surface area (TPSA) is 67.1 Å². The summed E-state index contributed by atoms with van der Waals surface area (Å²) in [5.74, 6) is -0.0122. The average Bonchev–Trinajstić information content (AvgIpc) is 3.04. The fourth-order valence-electron chi connectivity index (χ4n) is 1.37. The van der Waals surface area contributed by atoms with E-state index >= 15 is 0 Å². The predicted molar refractivity (Wildman–Crippen MR) is 65.5 cm³/mol. The van der Waals surface area contributed by atoms with E-state index in [9.17, 15) is 4.79 Å². The number of nitrogens with two attached hydrogens (primary N) is 1.